The molecule has 1 atom stereocenters. The highest BCUT2D eigenvalue weighted by Gasteiger charge is 2.22. The zero-order valence-electron chi connectivity index (χ0n) is 7.10. The number of hydrogen-bond donors (Lipinski definition) is 1. The summed E-state index contributed by atoms with van der Waals surface area (Å²) in [5.74, 6) is 0. The molecule has 0 bridgehead atoms. The first kappa shape index (κ1) is 8.51. The van der Waals surface area contributed by atoms with Gasteiger partial charge in [0.1, 0.15) is 0 Å². The summed E-state index contributed by atoms with van der Waals surface area (Å²) in [5.41, 5.74) is 10.3. The SMILES string of the molecule is Cc1ccc(I)c2c1[C@@H](N)CC2. The van der Waals surface area contributed by atoms with Crippen LogP contribution in [0.1, 0.15) is 29.2 Å². The number of fused-ring (bicyclic) bond motifs is 1. The van der Waals surface area contributed by atoms with Crippen LogP contribution in [0.3, 0.4) is 0 Å². The molecule has 0 saturated heterocycles. The molecule has 0 aliphatic heterocycles. The van der Waals surface area contributed by atoms with Crippen molar-refractivity contribution in [2.24, 2.45) is 5.73 Å². The van der Waals surface area contributed by atoms with E-state index >= 15 is 0 Å². The van der Waals surface area contributed by atoms with Crippen molar-refractivity contribution in [2.75, 3.05) is 0 Å². The molecule has 12 heavy (non-hydrogen) atoms. The monoisotopic (exact) mass is 273 g/mol. The molecule has 2 rings (SSSR count). The van der Waals surface area contributed by atoms with Crippen LogP contribution < -0.4 is 5.73 Å². The van der Waals surface area contributed by atoms with Crippen molar-refractivity contribution in [1.29, 1.82) is 0 Å². The minimum Gasteiger partial charge on any atom is -0.324 e. The van der Waals surface area contributed by atoms with E-state index in [-0.39, 0.29) is 6.04 Å². The number of hydrogen-bond acceptors (Lipinski definition) is 1. The number of aryl methyl sites for hydroxylation is 1. The Balaban J connectivity index is 2.64. The van der Waals surface area contributed by atoms with E-state index in [4.69, 9.17) is 5.73 Å². The predicted octanol–water partition coefficient (Wildman–Crippen LogP) is 2.55. The van der Waals surface area contributed by atoms with E-state index in [1.165, 1.54) is 20.3 Å². The Morgan fingerprint density at radius 2 is 2.25 bits per heavy atom. The molecule has 1 aromatic rings. The molecule has 2 N–H and O–H groups in total. The van der Waals surface area contributed by atoms with Gasteiger partial charge in [-0.3, -0.25) is 0 Å². The minimum absolute atomic E-state index is 0.287. The maximum atomic E-state index is 6.01. The summed E-state index contributed by atoms with van der Waals surface area (Å²) in [7, 11) is 0. The highest BCUT2D eigenvalue weighted by Crippen LogP contribution is 2.34. The second-order valence-corrected chi connectivity index (χ2v) is 4.56. The lowest BCUT2D eigenvalue weighted by atomic mass is 10.0. The van der Waals surface area contributed by atoms with Gasteiger partial charge < -0.3 is 5.73 Å². The summed E-state index contributed by atoms with van der Waals surface area (Å²) < 4.78 is 1.38. The van der Waals surface area contributed by atoms with E-state index in [0.717, 1.165) is 12.8 Å². The largest absolute Gasteiger partial charge is 0.324 e. The number of halogens is 1. The third-order valence-electron chi connectivity index (χ3n) is 2.59. The highest BCUT2D eigenvalue weighted by molar-refractivity contribution is 14.1. The molecule has 0 saturated carbocycles. The molecule has 2 heteroatoms. The van der Waals surface area contributed by atoms with Crippen molar-refractivity contribution in [3.8, 4) is 0 Å². The van der Waals surface area contributed by atoms with Crippen molar-refractivity contribution in [2.45, 2.75) is 25.8 Å². The smallest absolute Gasteiger partial charge is 0.0303 e. The molecule has 0 unspecified atom stereocenters. The molecule has 0 heterocycles. The fourth-order valence-corrected chi connectivity index (χ4v) is 2.71. The molecule has 0 radical (unpaired) electrons. The average Bonchev–Trinajstić information content (AvgIpc) is 2.42. The maximum Gasteiger partial charge on any atom is 0.0303 e. The van der Waals surface area contributed by atoms with Crippen molar-refractivity contribution < 1.29 is 0 Å². The van der Waals surface area contributed by atoms with Crippen LogP contribution in [0.2, 0.25) is 0 Å². The van der Waals surface area contributed by atoms with E-state index < -0.39 is 0 Å². The van der Waals surface area contributed by atoms with Crippen LogP contribution in [0.15, 0.2) is 12.1 Å². The Kier molecular flexibility index (Phi) is 2.12. The zero-order chi connectivity index (χ0) is 8.72. The van der Waals surface area contributed by atoms with Crippen LogP contribution in [-0.2, 0) is 6.42 Å². The standard InChI is InChI=1S/C10H12IN/c1-6-2-4-8(11)7-3-5-9(12)10(6)7/h2,4,9H,3,5,12H2,1H3/t9-/m0/s1. The van der Waals surface area contributed by atoms with Crippen LogP contribution in [0.25, 0.3) is 0 Å². The number of nitrogens with two attached hydrogens (primary N) is 1. The molecule has 64 valence electrons. The second kappa shape index (κ2) is 3.00. The Morgan fingerprint density at radius 3 is 2.92 bits per heavy atom. The van der Waals surface area contributed by atoms with Crippen molar-refractivity contribution >= 4 is 22.6 Å². The quantitative estimate of drug-likeness (QED) is 0.722. The molecule has 0 amide bonds. The first-order chi connectivity index (χ1) is 5.70. The predicted molar refractivity (Wildman–Crippen MR) is 59.1 cm³/mol. The van der Waals surface area contributed by atoms with Gasteiger partial charge in [0.15, 0.2) is 0 Å². The van der Waals surface area contributed by atoms with Crippen LogP contribution in [0, 0.1) is 10.5 Å². The molecule has 0 fully saturated rings. The van der Waals surface area contributed by atoms with Gasteiger partial charge in [-0.15, -0.1) is 0 Å². The van der Waals surface area contributed by atoms with Crippen molar-refractivity contribution in [1.82, 2.24) is 0 Å². The number of rotatable bonds is 0. The lowest BCUT2D eigenvalue weighted by Gasteiger charge is -2.09. The van der Waals surface area contributed by atoms with Gasteiger partial charge in [-0.05, 0) is 65.1 Å². The summed E-state index contributed by atoms with van der Waals surface area (Å²) >= 11 is 2.40. The Hall–Kier alpha value is -0.0900. The summed E-state index contributed by atoms with van der Waals surface area (Å²) in [4.78, 5) is 0. The van der Waals surface area contributed by atoms with E-state index in [9.17, 15) is 0 Å². The molecule has 1 aromatic carbocycles. The lowest BCUT2D eigenvalue weighted by molar-refractivity contribution is 0.710. The van der Waals surface area contributed by atoms with Gasteiger partial charge in [0.25, 0.3) is 0 Å². The molecule has 0 aromatic heterocycles. The molecule has 1 nitrogen and oxygen atoms in total. The van der Waals surface area contributed by atoms with Crippen LogP contribution in [0.4, 0.5) is 0 Å². The van der Waals surface area contributed by atoms with E-state index in [1.807, 2.05) is 0 Å². The van der Waals surface area contributed by atoms with Crippen molar-refractivity contribution in [3.05, 3.63) is 32.4 Å². The zero-order valence-corrected chi connectivity index (χ0v) is 9.26. The van der Waals surface area contributed by atoms with Gasteiger partial charge in [-0.25, -0.2) is 0 Å². The summed E-state index contributed by atoms with van der Waals surface area (Å²) in [6.45, 7) is 2.15. The third-order valence-corrected chi connectivity index (χ3v) is 3.60. The second-order valence-electron chi connectivity index (χ2n) is 3.40. The van der Waals surface area contributed by atoms with Gasteiger partial charge in [0.05, 0.1) is 0 Å². The molecule has 0 spiro atoms. The molecule has 1 aliphatic carbocycles. The van der Waals surface area contributed by atoms with Crippen LogP contribution in [-0.4, -0.2) is 0 Å². The van der Waals surface area contributed by atoms with Crippen molar-refractivity contribution in [3.63, 3.8) is 0 Å². The van der Waals surface area contributed by atoms with Gasteiger partial charge in [0, 0.05) is 9.61 Å². The van der Waals surface area contributed by atoms with E-state index in [0.29, 0.717) is 0 Å². The Bertz CT molecular complexity index is 320. The molecule has 1 aliphatic rings. The van der Waals surface area contributed by atoms with Gasteiger partial charge in [-0.2, -0.15) is 0 Å². The topological polar surface area (TPSA) is 26.0 Å². The minimum atomic E-state index is 0.287. The summed E-state index contributed by atoms with van der Waals surface area (Å²) in [6, 6.07) is 4.65. The van der Waals surface area contributed by atoms with Gasteiger partial charge in [0.2, 0.25) is 0 Å². The Morgan fingerprint density at radius 1 is 1.50 bits per heavy atom. The molecular weight excluding hydrogens is 261 g/mol. The summed E-state index contributed by atoms with van der Waals surface area (Å²) in [6.07, 6.45) is 2.28. The first-order valence-electron chi connectivity index (χ1n) is 4.23. The van der Waals surface area contributed by atoms with Crippen LogP contribution in [0.5, 0.6) is 0 Å². The Labute approximate surface area is 86.5 Å². The number of benzene rings is 1. The normalized spacial score (nSPS) is 21.1. The van der Waals surface area contributed by atoms with Crippen LogP contribution >= 0.6 is 22.6 Å². The van der Waals surface area contributed by atoms with E-state index in [1.54, 1.807) is 0 Å². The summed E-state index contributed by atoms with van der Waals surface area (Å²) in [5, 5.41) is 0. The average molecular weight is 273 g/mol. The fourth-order valence-electron chi connectivity index (χ4n) is 1.97. The lowest BCUT2D eigenvalue weighted by Crippen LogP contribution is -2.07. The molecular formula is C10H12IN. The maximum absolute atomic E-state index is 6.01. The highest BCUT2D eigenvalue weighted by atomic mass is 127. The van der Waals surface area contributed by atoms with Gasteiger partial charge in [-0.1, -0.05) is 6.07 Å². The third kappa shape index (κ3) is 1.17. The van der Waals surface area contributed by atoms with Gasteiger partial charge >= 0.3 is 0 Å². The fraction of sp³-hybridized carbons (Fsp3) is 0.400. The van der Waals surface area contributed by atoms with E-state index in [2.05, 4.69) is 41.6 Å². The first-order valence-corrected chi connectivity index (χ1v) is 5.31.